The monoisotopic (exact) mass is 412 g/mol. The van der Waals surface area contributed by atoms with Crippen molar-refractivity contribution in [3.63, 3.8) is 0 Å². The molecule has 9 heteroatoms. The smallest absolute Gasteiger partial charge is 0.261 e. The molecular weight excluding hydrogens is 392 g/mol. The van der Waals surface area contributed by atoms with Crippen LogP contribution in [0, 0.1) is 0 Å². The largest absolute Gasteiger partial charge is 0.361 e. The zero-order chi connectivity index (χ0) is 19.2. The zero-order valence-corrected chi connectivity index (χ0v) is 16.9. The SMILES string of the molecule is CN(C)CCNC(=S)Nc1cccc(S(=O)(=O)Nc2cccc(Cl)c2)c1. The number of nitrogens with one attached hydrogen (secondary N) is 3. The van der Waals surface area contributed by atoms with Gasteiger partial charge in [0.2, 0.25) is 0 Å². The summed E-state index contributed by atoms with van der Waals surface area (Å²) in [6.07, 6.45) is 0. The predicted molar refractivity (Wildman–Crippen MR) is 111 cm³/mol. The molecule has 2 aromatic rings. The van der Waals surface area contributed by atoms with E-state index >= 15 is 0 Å². The van der Waals surface area contributed by atoms with Gasteiger partial charge in [-0.1, -0.05) is 23.7 Å². The summed E-state index contributed by atoms with van der Waals surface area (Å²) in [5.41, 5.74) is 0.984. The lowest BCUT2D eigenvalue weighted by atomic mass is 10.3. The maximum atomic E-state index is 12.6. The molecule has 2 aromatic carbocycles. The Morgan fingerprint density at radius 3 is 2.50 bits per heavy atom. The molecule has 26 heavy (non-hydrogen) atoms. The first-order valence-corrected chi connectivity index (χ1v) is 10.1. The Morgan fingerprint density at radius 2 is 1.81 bits per heavy atom. The van der Waals surface area contributed by atoms with Gasteiger partial charge in [-0.2, -0.15) is 0 Å². The molecule has 3 N–H and O–H groups in total. The molecule has 0 saturated heterocycles. The highest BCUT2D eigenvalue weighted by Gasteiger charge is 2.15. The zero-order valence-electron chi connectivity index (χ0n) is 14.5. The van der Waals surface area contributed by atoms with Gasteiger partial charge >= 0.3 is 0 Å². The minimum absolute atomic E-state index is 0.124. The Morgan fingerprint density at radius 1 is 1.12 bits per heavy atom. The Balaban J connectivity index is 2.06. The second kappa shape index (κ2) is 9.18. The van der Waals surface area contributed by atoms with Gasteiger partial charge in [0.1, 0.15) is 0 Å². The van der Waals surface area contributed by atoms with Crippen molar-refractivity contribution in [3.05, 3.63) is 53.6 Å². The molecule has 0 amide bonds. The molecule has 0 unspecified atom stereocenters. The molecule has 0 aliphatic rings. The lowest BCUT2D eigenvalue weighted by Gasteiger charge is -2.14. The Kier molecular flexibility index (Phi) is 7.22. The average molecular weight is 413 g/mol. The first kappa shape index (κ1) is 20.4. The van der Waals surface area contributed by atoms with E-state index in [-0.39, 0.29) is 4.90 Å². The molecule has 0 bridgehead atoms. The highest BCUT2D eigenvalue weighted by atomic mass is 35.5. The fraction of sp³-hybridized carbons (Fsp3) is 0.235. The molecule has 0 fully saturated rings. The third-order valence-electron chi connectivity index (χ3n) is 3.32. The van der Waals surface area contributed by atoms with Crippen molar-refractivity contribution in [2.75, 3.05) is 37.2 Å². The highest BCUT2D eigenvalue weighted by Crippen LogP contribution is 2.21. The van der Waals surface area contributed by atoms with Crippen LogP contribution in [-0.2, 0) is 10.0 Å². The number of anilines is 2. The van der Waals surface area contributed by atoms with Gasteiger partial charge in [0.05, 0.1) is 10.6 Å². The van der Waals surface area contributed by atoms with Gasteiger partial charge < -0.3 is 15.5 Å². The summed E-state index contributed by atoms with van der Waals surface area (Å²) < 4.78 is 27.6. The number of hydrogen-bond acceptors (Lipinski definition) is 4. The van der Waals surface area contributed by atoms with Crippen LogP contribution < -0.4 is 15.4 Å². The van der Waals surface area contributed by atoms with Crippen molar-refractivity contribution in [2.24, 2.45) is 0 Å². The quantitative estimate of drug-likeness (QED) is 0.607. The molecule has 140 valence electrons. The van der Waals surface area contributed by atoms with E-state index in [4.69, 9.17) is 23.8 Å². The van der Waals surface area contributed by atoms with Crippen LogP contribution in [0.15, 0.2) is 53.4 Å². The summed E-state index contributed by atoms with van der Waals surface area (Å²) in [4.78, 5) is 2.16. The van der Waals surface area contributed by atoms with E-state index in [1.807, 2.05) is 19.0 Å². The third-order valence-corrected chi connectivity index (χ3v) is 5.18. The van der Waals surface area contributed by atoms with Gasteiger partial charge in [-0.05, 0) is 62.7 Å². The van der Waals surface area contributed by atoms with Crippen LogP contribution in [0.25, 0.3) is 0 Å². The number of hydrogen-bond donors (Lipinski definition) is 3. The van der Waals surface area contributed by atoms with Crippen molar-refractivity contribution in [2.45, 2.75) is 4.90 Å². The Hall–Kier alpha value is -1.87. The van der Waals surface area contributed by atoms with Crippen molar-refractivity contribution >= 4 is 50.3 Å². The minimum Gasteiger partial charge on any atom is -0.361 e. The molecule has 2 rings (SSSR count). The third kappa shape index (κ3) is 6.45. The standard InChI is InChI=1S/C17H21ClN4O2S2/c1-22(2)10-9-19-17(25)20-14-6-4-8-16(12-14)26(23,24)21-15-7-3-5-13(18)11-15/h3-8,11-12,21H,9-10H2,1-2H3,(H2,19,20,25). The average Bonchev–Trinajstić information content (AvgIpc) is 2.54. The number of rotatable bonds is 7. The molecule has 0 atom stereocenters. The van der Waals surface area contributed by atoms with Gasteiger partial charge in [-0.15, -0.1) is 0 Å². The second-order valence-corrected chi connectivity index (χ2v) is 8.35. The van der Waals surface area contributed by atoms with Crippen LogP contribution in [0.4, 0.5) is 11.4 Å². The van der Waals surface area contributed by atoms with E-state index in [0.717, 1.165) is 6.54 Å². The van der Waals surface area contributed by atoms with Gasteiger partial charge in [0, 0.05) is 23.8 Å². The van der Waals surface area contributed by atoms with Gasteiger partial charge in [-0.25, -0.2) is 8.42 Å². The lowest BCUT2D eigenvalue weighted by molar-refractivity contribution is 0.413. The summed E-state index contributed by atoms with van der Waals surface area (Å²) in [6, 6.07) is 13.0. The van der Waals surface area contributed by atoms with E-state index in [1.165, 1.54) is 12.1 Å². The topological polar surface area (TPSA) is 73.5 Å². The lowest BCUT2D eigenvalue weighted by Crippen LogP contribution is -2.34. The fourth-order valence-electron chi connectivity index (χ4n) is 2.08. The molecule has 0 spiro atoms. The molecule has 0 radical (unpaired) electrons. The number of sulfonamides is 1. The number of halogens is 1. The van der Waals surface area contributed by atoms with E-state index < -0.39 is 10.0 Å². The number of thiocarbonyl (C=S) groups is 1. The van der Waals surface area contributed by atoms with Crippen molar-refractivity contribution < 1.29 is 8.42 Å². The maximum Gasteiger partial charge on any atom is 0.261 e. The molecule has 0 heterocycles. The van der Waals surface area contributed by atoms with Gasteiger partial charge in [0.25, 0.3) is 10.0 Å². The van der Waals surface area contributed by atoms with Crippen LogP contribution in [0.5, 0.6) is 0 Å². The van der Waals surface area contributed by atoms with Crippen molar-refractivity contribution in [1.82, 2.24) is 10.2 Å². The van der Waals surface area contributed by atoms with Crippen LogP contribution in [-0.4, -0.2) is 45.6 Å². The summed E-state index contributed by atoms with van der Waals surface area (Å²) in [5.74, 6) is 0. The number of nitrogens with zero attached hydrogens (tertiary/aromatic N) is 1. The predicted octanol–water partition coefficient (Wildman–Crippen LogP) is 2.99. The van der Waals surface area contributed by atoms with Crippen LogP contribution in [0.1, 0.15) is 0 Å². The minimum atomic E-state index is -3.74. The normalized spacial score (nSPS) is 11.2. The van der Waals surface area contributed by atoms with E-state index in [2.05, 4.69) is 15.4 Å². The summed E-state index contributed by atoms with van der Waals surface area (Å²) in [6.45, 7) is 1.52. The summed E-state index contributed by atoms with van der Waals surface area (Å²) in [7, 11) is 0.208. The first-order valence-electron chi connectivity index (χ1n) is 7.84. The van der Waals surface area contributed by atoms with Crippen LogP contribution in [0.2, 0.25) is 5.02 Å². The maximum absolute atomic E-state index is 12.6. The number of benzene rings is 2. The molecule has 0 aliphatic heterocycles. The first-order chi connectivity index (χ1) is 12.3. The van der Waals surface area contributed by atoms with Crippen LogP contribution in [0.3, 0.4) is 0 Å². The second-order valence-electron chi connectivity index (χ2n) is 5.83. The van der Waals surface area contributed by atoms with Crippen LogP contribution >= 0.6 is 23.8 Å². The van der Waals surface area contributed by atoms with E-state index in [1.54, 1.807) is 36.4 Å². The van der Waals surface area contributed by atoms with E-state index in [0.29, 0.717) is 28.1 Å². The molecule has 6 nitrogen and oxygen atoms in total. The molecule has 0 aliphatic carbocycles. The highest BCUT2D eigenvalue weighted by molar-refractivity contribution is 7.92. The Bertz CT molecular complexity index is 873. The summed E-state index contributed by atoms with van der Waals surface area (Å²) in [5, 5.41) is 6.94. The molecule has 0 saturated carbocycles. The van der Waals surface area contributed by atoms with Gasteiger partial charge in [0.15, 0.2) is 5.11 Å². The van der Waals surface area contributed by atoms with Crippen molar-refractivity contribution in [1.29, 1.82) is 0 Å². The fourth-order valence-corrected chi connectivity index (χ4v) is 3.58. The summed E-state index contributed by atoms with van der Waals surface area (Å²) >= 11 is 11.1. The van der Waals surface area contributed by atoms with Crippen molar-refractivity contribution in [3.8, 4) is 0 Å². The molecule has 0 aromatic heterocycles. The molecular formula is C17H21ClN4O2S2. The number of likely N-dealkylation sites (N-methyl/N-ethyl adjacent to an activating group) is 1. The Labute approximate surface area is 164 Å². The van der Waals surface area contributed by atoms with Gasteiger partial charge in [-0.3, -0.25) is 4.72 Å². The van der Waals surface area contributed by atoms with E-state index in [9.17, 15) is 8.42 Å².